The maximum absolute atomic E-state index is 13.1. The zero-order valence-corrected chi connectivity index (χ0v) is 17.4. The van der Waals surface area contributed by atoms with Crippen molar-refractivity contribution in [2.45, 2.75) is 44.7 Å². The van der Waals surface area contributed by atoms with Crippen molar-refractivity contribution >= 4 is 27.0 Å². The Bertz CT molecular complexity index is 1160. The van der Waals surface area contributed by atoms with E-state index in [9.17, 15) is 13.7 Å². The van der Waals surface area contributed by atoms with Crippen LogP contribution in [0.3, 0.4) is 0 Å². The molecular formula is C21H23N4O3S+. The maximum Gasteiger partial charge on any atom is 0.326 e. The van der Waals surface area contributed by atoms with Gasteiger partial charge in [-0.25, -0.2) is 0 Å². The van der Waals surface area contributed by atoms with Gasteiger partial charge in [-0.15, -0.1) is 4.91 Å². The Kier molecular flexibility index (Phi) is 5.94. The van der Waals surface area contributed by atoms with Crippen molar-refractivity contribution in [3.05, 3.63) is 64.2 Å². The van der Waals surface area contributed by atoms with Gasteiger partial charge in [-0.1, -0.05) is 29.0 Å². The zero-order chi connectivity index (χ0) is 21.2. The number of nitriles is 1. The predicted molar refractivity (Wildman–Crippen MR) is 114 cm³/mol. The van der Waals surface area contributed by atoms with Gasteiger partial charge in [0.25, 0.3) is 0 Å². The van der Waals surface area contributed by atoms with E-state index in [1.165, 1.54) is 6.07 Å². The molecule has 0 saturated heterocycles. The van der Waals surface area contributed by atoms with Crippen LogP contribution in [0.4, 0.5) is 5.69 Å². The first kappa shape index (κ1) is 20.9. The van der Waals surface area contributed by atoms with Crippen molar-refractivity contribution < 1.29 is 8.76 Å². The minimum Gasteiger partial charge on any atom is -0.345 e. The molecule has 0 bridgehead atoms. The molecule has 0 aliphatic carbocycles. The van der Waals surface area contributed by atoms with Crippen LogP contribution in [0.15, 0.2) is 52.7 Å². The maximum atomic E-state index is 13.1. The number of para-hydroxylation sites is 1. The normalized spacial score (nSPS) is 14.3. The van der Waals surface area contributed by atoms with E-state index < -0.39 is 16.4 Å². The average Bonchev–Trinajstić information content (AvgIpc) is 2.98. The van der Waals surface area contributed by atoms with Crippen molar-refractivity contribution in [1.29, 1.82) is 5.26 Å². The van der Waals surface area contributed by atoms with Crippen LogP contribution in [0.5, 0.6) is 0 Å². The second-order valence-corrected chi connectivity index (χ2v) is 8.92. The van der Waals surface area contributed by atoms with Gasteiger partial charge in [-0.3, -0.25) is 0 Å². The smallest absolute Gasteiger partial charge is 0.326 e. The zero-order valence-electron chi connectivity index (χ0n) is 16.5. The average molecular weight is 412 g/mol. The number of hydrogen-bond acceptors (Lipinski definition) is 4. The lowest BCUT2D eigenvalue weighted by Crippen LogP contribution is -2.40. The summed E-state index contributed by atoms with van der Waals surface area (Å²) in [7, 11) is -3.69. The summed E-state index contributed by atoms with van der Waals surface area (Å²) in [5.74, 6) is 0. The molecule has 1 aromatic heterocycles. The van der Waals surface area contributed by atoms with Gasteiger partial charge in [-0.2, -0.15) is 9.81 Å². The molecule has 0 fully saturated rings. The molecule has 0 aliphatic heterocycles. The van der Waals surface area contributed by atoms with Gasteiger partial charge in [0, 0.05) is 29.2 Å². The quantitative estimate of drug-likeness (QED) is 0.436. The number of aromatic nitrogens is 1. The number of hydrogen-bond donors (Lipinski definition) is 2. The first-order chi connectivity index (χ1) is 13.8. The lowest BCUT2D eigenvalue weighted by molar-refractivity contribution is 0.459. The number of aryl methyl sites for hydroxylation is 2. The number of fused-ring (bicyclic) bond motifs is 1. The van der Waals surface area contributed by atoms with Crippen LogP contribution < -0.4 is 4.72 Å². The Balaban J connectivity index is 1.89. The SMILES string of the molecule is Cc1cc(C)c([S+](=O)(O)N[C@@H](C)Cn2cc(CC#N)c3ccccc32)c(N=O)c1. The predicted octanol–water partition coefficient (Wildman–Crippen LogP) is 4.65. The molecule has 7 nitrogen and oxygen atoms in total. The molecular weight excluding hydrogens is 388 g/mol. The molecule has 3 rings (SSSR count). The van der Waals surface area contributed by atoms with Crippen molar-refractivity contribution in [2.24, 2.45) is 5.18 Å². The summed E-state index contributed by atoms with van der Waals surface area (Å²) in [4.78, 5) is 11.2. The fourth-order valence-corrected chi connectivity index (χ4v) is 5.34. The monoisotopic (exact) mass is 411 g/mol. The lowest BCUT2D eigenvalue weighted by Gasteiger charge is -2.16. The van der Waals surface area contributed by atoms with E-state index in [1.54, 1.807) is 26.8 Å². The topological polar surface area (TPSA) is 107 Å². The van der Waals surface area contributed by atoms with Crippen LogP contribution >= 0.6 is 0 Å². The summed E-state index contributed by atoms with van der Waals surface area (Å²) in [5.41, 5.74) is 3.18. The standard InChI is InChI=1S/C21H22N4O3S/c1-14-10-15(2)21(19(11-14)23-26)29(27,28)24-16(3)12-25-13-17(8-9-22)18-6-4-5-7-20(18)25/h4-7,10-11,13,16H,8,12H2,1-3H3,(H-,24,27,28)/p+1/t16-/m0/s1. The van der Waals surface area contributed by atoms with Crippen molar-refractivity contribution in [3.8, 4) is 6.07 Å². The van der Waals surface area contributed by atoms with E-state index in [0.29, 0.717) is 18.5 Å². The number of rotatable bonds is 7. The Morgan fingerprint density at radius 3 is 2.72 bits per heavy atom. The molecule has 0 aliphatic rings. The largest absolute Gasteiger partial charge is 0.345 e. The van der Waals surface area contributed by atoms with E-state index in [1.807, 2.05) is 35.0 Å². The highest BCUT2D eigenvalue weighted by Gasteiger charge is 2.37. The van der Waals surface area contributed by atoms with Gasteiger partial charge < -0.3 is 4.57 Å². The number of nitrogens with zero attached hydrogens (tertiary/aromatic N) is 3. The summed E-state index contributed by atoms with van der Waals surface area (Å²) < 4.78 is 28.5. The minimum absolute atomic E-state index is 0.0208. The summed E-state index contributed by atoms with van der Waals surface area (Å²) in [6.45, 7) is 5.70. The fourth-order valence-electron chi connectivity index (χ4n) is 3.72. The minimum atomic E-state index is -3.69. The first-order valence-electron chi connectivity index (χ1n) is 9.19. The van der Waals surface area contributed by atoms with Crippen LogP contribution in [0.25, 0.3) is 10.9 Å². The van der Waals surface area contributed by atoms with Crippen LogP contribution in [0, 0.1) is 30.1 Å². The molecule has 0 saturated carbocycles. The molecule has 150 valence electrons. The van der Waals surface area contributed by atoms with E-state index in [0.717, 1.165) is 22.0 Å². The molecule has 3 aromatic rings. The van der Waals surface area contributed by atoms with Crippen LogP contribution in [-0.4, -0.2) is 15.2 Å². The Morgan fingerprint density at radius 1 is 1.31 bits per heavy atom. The van der Waals surface area contributed by atoms with Gasteiger partial charge >= 0.3 is 10.4 Å². The fraction of sp³-hybridized carbons (Fsp3) is 0.286. The molecule has 0 radical (unpaired) electrons. The molecule has 0 amide bonds. The first-order valence-corrected chi connectivity index (χ1v) is 10.7. The molecule has 1 heterocycles. The van der Waals surface area contributed by atoms with Crippen molar-refractivity contribution in [3.63, 3.8) is 0 Å². The van der Waals surface area contributed by atoms with Crippen molar-refractivity contribution in [1.82, 2.24) is 9.29 Å². The van der Waals surface area contributed by atoms with Crippen LogP contribution in [0.1, 0.15) is 23.6 Å². The number of benzene rings is 2. The van der Waals surface area contributed by atoms with E-state index >= 15 is 0 Å². The second kappa shape index (κ2) is 8.25. The summed E-state index contributed by atoms with van der Waals surface area (Å²) >= 11 is 0. The Hall–Kier alpha value is -2.86. The molecule has 0 spiro atoms. The molecule has 2 atom stereocenters. The van der Waals surface area contributed by atoms with Gasteiger partial charge in [0.2, 0.25) is 4.90 Å². The summed E-state index contributed by atoms with van der Waals surface area (Å²) in [5, 5.41) is 13.0. The van der Waals surface area contributed by atoms with E-state index in [-0.39, 0.29) is 10.6 Å². The Labute approximate surface area is 170 Å². The lowest BCUT2D eigenvalue weighted by atomic mass is 10.1. The van der Waals surface area contributed by atoms with Gasteiger partial charge in [0.05, 0.1) is 18.5 Å². The summed E-state index contributed by atoms with van der Waals surface area (Å²) in [6.07, 6.45) is 2.20. The molecule has 29 heavy (non-hydrogen) atoms. The highest BCUT2D eigenvalue weighted by atomic mass is 32.3. The van der Waals surface area contributed by atoms with Crippen LogP contribution in [0.2, 0.25) is 0 Å². The third-order valence-electron chi connectivity index (χ3n) is 4.75. The van der Waals surface area contributed by atoms with Gasteiger partial charge in [0.15, 0.2) is 5.69 Å². The third-order valence-corrected chi connectivity index (χ3v) is 6.55. The molecule has 2 N–H and O–H groups in total. The molecule has 8 heteroatoms. The van der Waals surface area contributed by atoms with Gasteiger partial charge in [-0.05, 0) is 53.4 Å². The third kappa shape index (κ3) is 4.27. The van der Waals surface area contributed by atoms with Gasteiger partial charge in [0.1, 0.15) is 0 Å². The number of nitrogens with one attached hydrogen (secondary N) is 1. The van der Waals surface area contributed by atoms with E-state index in [4.69, 9.17) is 5.26 Å². The summed E-state index contributed by atoms with van der Waals surface area (Å²) in [6, 6.07) is 12.8. The molecule has 1 unspecified atom stereocenters. The van der Waals surface area contributed by atoms with E-state index in [2.05, 4.69) is 16.0 Å². The second-order valence-electron chi connectivity index (χ2n) is 7.22. The highest BCUT2D eigenvalue weighted by molar-refractivity contribution is 7.96. The number of nitroso groups, excluding NO2 is 1. The molecule has 2 aromatic carbocycles. The van der Waals surface area contributed by atoms with Crippen molar-refractivity contribution in [2.75, 3.05) is 0 Å². The van der Waals surface area contributed by atoms with Crippen LogP contribution in [-0.2, 0) is 27.6 Å². The highest BCUT2D eigenvalue weighted by Crippen LogP contribution is 2.32. The Morgan fingerprint density at radius 2 is 2.03 bits per heavy atom.